The van der Waals surface area contributed by atoms with Crippen LogP contribution in [0.5, 0.6) is 0 Å². The summed E-state index contributed by atoms with van der Waals surface area (Å²) in [6.45, 7) is 0. The van der Waals surface area contributed by atoms with Crippen molar-refractivity contribution in [1.82, 2.24) is 10.2 Å². The lowest BCUT2D eigenvalue weighted by atomic mass is 10.4. The summed E-state index contributed by atoms with van der Waals surface area (Å²) in [6, 6.07) is 0. The zero-order valence-corrected chi connectivity index (χ0v) is 8.11. The molecule has 0 bridgehead atoms. The molecule has 63 valence electrons. The monoisotopic (exact) mass is 248 g/mol. The minimum absolute atomic E-state index is 0.281. The second-order valence-electron chi connectivity index (χ2n) is 1.73. The van der Waals surface area contributed by atoms with E-state index in [-0.39, 0.29) is 6.42 Å². The van der Waals surface area contributed by atoms with E-state index in [0.717, 1.165) is 0 Å². The van der Waals surface area contributed by atoms with Crippen molar-refractivity contribution in [2.75, 3.05) is 5.32 Å². The molecule has 0 aromatic carbocycles. The van der Waals surface area contributed by atoms with Gasteiger partial charge in [-0.05, 0) is 15.9 Å². The topological polar surface area (TPSA) is 72.0 Å². The van der Waals surface area contributed by atoms with Crippen molar-refractivity contribution < 1.29 is 9.59 Å². The van der Waals surface area contributed by atoms with Gasteiger partial charge in [-0.3, -0.25) is 9.59 Å². The third kappa shape index (κ3) is 2.67. The van der Waals surface area contributed by atoms with Gasteiger partial charge in [-0.15, -0.1) is 10.2 Å². The van der Waals surface area contributed by atoms with Crippen molar-refractivity contribution in [3.63, 3.8) is 0 Å². The molecule has 1 aromatic heterocycles. The van der Waals surface area contributed by atoms with Crippen LogP contribution in [0.1, 0.15) is 6.42 Å². The molecule has 0 aliphatic rings. The SMILES string of the molecule is O=[C]CC(=O)Nc1nnc(Br)s1. The van der Waals surface area contributed by atoms with E-state index in [1.54, 1.807) is 0 Å². The number of anilines is 1. The largest absolute Gasteiger partial charge is 0.300 e. The summed E-state index contributed by atoms with van der Waals surface area (Å²) in [5, 5.41) is 9.94. The molecule has 0 atom stereocenters. The van der Waals surface area contributed by atoms with Crippen LogP contribution >= 0.6 is 27.3 Å². The normalized spacial score (nSPS) is 9.42. The van der Waals surface area contributed by atoms with Crippen molar-refractivity contribution >= 4 is 44.6 Å². The first kappa shape index (κ1) is 9.27. The van der Waals surface area contributed by atoms with Crippen molar-refractivity contribution in [2.24, 2.45) is 0 Å². The van der Waals surface area contributed by atoms with Gasteiger partial charge in [0.25, 0.3) is 0 Å². The van der Waals surface area contributed by atoms with Crippen molar-refractivity contribution in [1.29, 1.82) is 0 Å². The average Bonchev–Trinajstić information content (AvgIpc) is 2.36. The highest BCUT2D eigenvalue weighted by molar-refractivity contribution is 9.11. The van der Waals surface area contributed by atoms with Crippen molar-refractivity contribution in [3.8, 4) is 0 Å². The van der Waals surface area contributed by atoms with E-state index in [9.17, 15) is 9.59 Å². The molecule has 0 unspecified atom stereocenters. The van der Waals surface area contributed by atoms with E-state index in [0.29, 0.717) is 9.05 Å². The van der Waals surface area contributed by atoms with Crippen LogP contribution in [0.15, 0.2) is 3.92 Å². The quantitative estimate of drug-likeness (QED) is 0.802. The van der Waals surface area contributed by atoms with E-state index < -0.39 is 5.91 Å². The Labute approximate surface area is 80.3 Å². The summed E-state index contributed by atoms with van der Waals surface area (Å²) in [6.07, 6.45) is 1.20. The zero-order valence-electron chi connectivity index (χ0n) is 5.70. The molecule has 0 aliphatic carbocycles. The van der Waals surface area contributed by atoms with E-state index in [4.69, 9.17) is 0 Å². The Bertz CT molecular complexity index is 301. The van der Waals surface area contributed by atoms with Gasteiger partial charge in [-0.1, -0.05) is 11.3 Å². The van der Waals surface area contributed by atoms with Crippen LogP contribution in [0.2, 0.25) is 0 Å². The molecule has 1 amide bonds. The first-order chi connectivity index (χ1) is 5.72. The van der Waals surface area contributed by atoms with E-state index in [1.165, 1.54) is 17.6 Å². The van der Waals surface area contributed by atoms with Crippen LogP contribution in [0, 0.1) is 0 Å². The number of carbonyl (C=O) groups is 1. The molecule has 0 fully saturated rings. The zero-order chi connectivity index (χ0) is 8.97. The number of rotatable bonds is 3. The molecule has 0 spiro atoms. The van der Waals surface area contributed by atoms with Gasteiger partial charge in [-0.2, -0.15) is 0 Å². The standard InChI is InChI=1S/C5H3BrN3O2S/c6-4-8-9-5(12-4)7-3(11)1-2-10/h1H2,(H,7,9,11). The lowest BCUT2D eigenvalue weighted by Gasteiger charge is -1.92. The smallest absolute Gasteiger partial charge is 0.234 e. The highest BCUT2D eigenvalue weighted by Crippen LogP contribution is 2.19. The van der Waals surface area contributed by atoms with Gasteiger partial charge >= 0.3 is 0 Å². The summed E-state index contributed by atoms with van der Waals surface area (Å²) in [5.41, 5.74) is 0. The molecule has 1 rings (SSSR count). The fourth-order valence-corrected chi connectivity index (χ4v) is 1.51. The summed E-state index contributed by atoms with van der Waals surface area (Å²) < 4.78 is 0.577. The molecule has 1 aromatic rings. The first-order valence-corrected chi connectivity index (χ1v) is 4.47. The van der Waals surface area contributed by atoms with Crippen LogP contribution < -0.4 is 5.32 Å². The predicted molar refractivity (Wildman–Crippen MR) is 46.5 cm³/mol. The number of aromatic nitrogens is 2. The van der Waals surface area contributed by atoms with Crippen LogP contribution in [-0.2, 0) is 9.59 Å². The fourth-order valence-electron chi connectivity index (χ4n) is 0.485. The average molecular weight is 249 g/mol. The lowest BCUT2D eigenvalue weighted by Crippen LogP contribution is -2.11. The molecule has 0 saturated carbocycles. The van der Waals surface area contributed by atoms with E-state index in [1.807, 2.05) is 0 Å². The third-order valence-corrected chi connectivity index (χ3v) is 2.15. The van der Waals surface area contributed by atoms with Gasteiger partial charge in [0.05, 0.1) is 6.42 Å². The van der Waals surface area contributed by atoms with Gasteiger partial charge < -0.3 is 5.32 Å². The maximum Gasteiger partial charge on any atom is 0.234 e. The summed E-state index contributed by atoms with van der Waals surface area (Å²) in [7, 11) is 0. The molecule has 7 heteroatoms. The van der Waals surface area contributed by atoms with Crippen LogP contribution in [0.25, 0.3) is 0 Å². The van der Waals surface area contributed by atoms with Gasteiger partial charge in [0, 0.05) is 0 Å². The maximum absolute atomic E-state index is 10.8. The highest BCUT2D eigenvalue weighted by Gasteiger charge is 2.05. The summed E-state index contributed by atoms with van der Waals surface area (Å²) >= 11 is 4.25. The summed E-state index contributed by atoms with van der Waals surface area (Å²) in [4.78, 5) is 20.6. The third-order valence-electron chi connectivity index (χ3n) is 0.879. The molecule has 5 nitrogen and oxygen atoms in total. The Kier molecular flexibility index (Phi) is 3.30. The van der Waals surface area contributed by atoms with Gasteiger partial charge in [0.2, 0.25) is 17.3 Å². The second-order valence-corrected chi connectivity index (χ2v) is 3.98. The van der Waals surface area contributed by atoms with Gasteiger partial charge in [0.1, 0.15) is 0 Å². The molecule has 1 radical (unpaired) electrons. The number of nitrogens with one attached hydrogen (secondary N) is 1. The molecular formula is C5H3BrN3O2S. The number of halogens is 1. The van der Waals surface area contributed by atoms with Gasteiger partial charge in [0.15, 0.2) is 3.92 Å². The van der Waals surface area contributed by atoms with Gasteiger partial charge in [-0.25, -0.2) is 0 Å². The highest BCUT2D eigenvalue weighted by atomic mass is 79.9. The Morgan fingerprint density at radius 3 is 2.92 bits per heavy atom. The number of hydrogen-bond acceptors (Lipinski definition) is 5. The number of amides is 1. The number of hydrogen-bond donors (Lipinski definition) is 1. The Morgan fingerprint density at radius 2 is 2.42 bits per heavy atom. The van der Waals surface area contributed by atoms with Crippen LogP contribution in [0.4, 0.5) is 5.13 Å². The lowest BCUT2D eigenvalue weighted by molar-refractivity contribution is -0.115. The van der Waals surface area contributed by atoms with Crippen LogP contribution in [0.3, 0.4) is 0 Å². The fraction of sp³-hybridized carbons (Fsp3) is 0.200. The molecular weight excluding hydrogens is 246 g/mol. The van der Waals surface area contributed by atoms with Crippen molar-refractivity contribution in [3.05, 3.63) is 3.92 Å². The predicted octanol–water partition coefficient (Wildman–Crippen LogP) is 0.739. The Hall–Kier alpha value is -0.820. The summed E-state index contributed by atoms with van der Waals surface area (Å²) in [5.74, 6) is -0.436. The van der Waals surface area contributed by atoms with Crippen LogP contribution in [-0.4, -0.2) is 22.4 Å². The minimum atomic E-state index is -0.436. The molecule has 0 aliphatic heterocycles. The first-order valence-electron chi connectivity index (χ1n) is 2.86. The molecule has 1 heterocycles. The molecule has 0 saturated heterocycles. The van der Waals surface area contributed by atoms with E-state index in [2.05, 4.69) is 31.4 Å². The number of nitrogens with zero attached hydrogens (tertiary/aromatic N) is 2. The molecule has 1 N–H and O–H groups in total. The number of carbonyl (C=O) groups excluding carboxylic acids is 2. The van der Waals surface area contributed by atoms with Crippen molar-refractivity contribution in [2.45, 2.75) is 6.42 Å². The van der Waals surface area contributed by atoms with E-state index >= 15 is 0 Å². The Balaban J connectivity index is 2.52. The maximum atomic E-state index is 10.8. The Morgan fingerprint density at radius 1 is 1.67 bits per heavy atom. The molecule has 12 heavy (non-hydrogen) atoms. The minimum Gasteiger partial charge on any atom is -0.300 e. The second kappa shape index (κ2) is 4.27.